The fourth-order valence-corrected chi connectivity index (χ4v) is 3.74. The fraction of sp³-hybridized carbons (Fsp3) is 0.304. The highest BCUT2D eigenvalue weighted by atomic mass is 35.5. The zero-order valence-electron chi connectivity index (χ0n) is 17.8. The van der Waals surface area contributed by atoms with E-state index in [0.717, 1.165) is 11.6 Å². The van der Waals surface area contributed by atoms with Crippen LogP contribution in [0.3, 0.4) is 0 Å². The van der Waals surface area contributed by atoms with Gasteiger partial charge in [-0.25, -0.2) is 4.79 Å². The van der Waals surface area contributed by atoms with Gasteiger partial charge in [0.2, 0.25) is 0 Å². The van der Waals surface area contributed by atoms with Gasteiger partial charge in [0, 0.05) is 25.8 Å². The molecule has 0 unspecified atom stereocenters. The van der Waals surface area contributed by atoms with Gasteiger partial charge in [0.1, 0.15) is 6.73 Å². The van der Waals surface area contributed by atoms with E-state index in [0.29, 0.717) is 28.2 Å². The summed E-state index contributed by atoms with van der Waals surface area (Å²) in [6.07, 6.45) is 0. The van der Waals surface area contributed by atoms with Crippen LogP contribution in [0.1, 0.15) is 11.1 Å². The fourth-order valence-electron chi connectivity index (χ4n) is 2.78. The van der Waals surface area contributed by atoms with Gasteiger partial charge < -0.3 is 14.6 Å². The number of ether oxygens (including phenoxy) is 2. The van der Waals surface area contributed by atoms with Crippen LogP contribution in [0.25, 0.3) is 11.0 Å². The summed E-state index contributed by atoms with van der Waals surface area (Å²) in [5, 5.41) is 9.46. The van der Waals surface area contributed by atoms with Crippen molar-refractivity contribution in [2.24, 2.45) is 0 Å². The number of fused-ring (bicyclic) bond motifs is 1. The van der Waals surface area contributed by atoms with Crippen molar-refractivity contribution in [1.82, 2.24) is 9.55 Å². The molecule has 0 atom stereocenters. The van der Waals surface area contributed by atoms with E-state index >= 15 is 0 Å². The number of aliphatic carboxylic acids is 1. The monoisotopic (exact) mass is 456 g/mol. The lowest BCUT2D eigenvalue weighted by atomic mass is 10.1. The van der Waals surface area contributed by atoms with Crippen molar-refractivity contribution in [2.75, 3.05) is 13.2 Å². The smallest absolute Gasteiger partial charge is 0.341 e. The van der Waals surface area contributed by atoms with E-state index in [1.165, 1.54) is 0 Å². The summed E-state index contributed by atoms with van der Waals surface area (Å²) in [7, 11) is -1.23. The number of hydrogen-bond acceptors (Lipinski definition) is 4. The summed E-state index contributed by atoms with van der Waals surface area (Å²) in [6.45, 7) is 7.16. The molecule has 3 aromatic rings. The molecule has 0 saturated heterocycles. The topological polar surface area (TPSA) is 73.6 Å². The first-order valence-corrected chi connectivity index (χ1v) is 14.0. The van der Waals surface area contributed by atoms with Gasteiger partial charge in [0.15, 0.2) is 6.61 Å². The van der Waals surface area contributed by atoms with Crippen LogP contribution in [-0.4, -0.2) is 41.9 Å². The van der Waals surface area contributed by atoms with E-state index < -0.39 is 20.7 Å². The number of carboxylic acids is 1. The molecule has 2 aromatic carbocycles. The summed E-state index contributed by atoms with van der Waals surface area (Å²) in [4.78, 5) is 15.4. The molecule has 1 heterocycles. The Morgan fingerprint density at radius 1 is 1.19 bits per heavy atom. The van der Waals surface area contributed by atoms with Crippen LogP contribution >= 0.6 is 11.6 Å². The molecule has 0 bridgehead atoms. The van der Waals surface area contributed by atoms with Crippen molar-refractivity contribution in [3.63, 3.8) is 0 Å². The minimum absolute atomic E-state index is 0.176. The molecule has 0 aliphatic carbocycles. The normalized spacial score (nSPS) is 11.2. The molecular formula is C23H25ClN2O4Si. The zero-order chi connectivity index (χ0) is 22.4. The van der Waals surface area contributed by atoms with Gasteiger partial charge in [-0.2, -0.15) is 4.98 Å². The van der Waals surface area contributed by atoms with E-state index in [2.05, 4.69) is 36.5 Å². The minimum Gasteiger partial charge on any atom is -0.479 e. The molecule has 6 nitrogen and oxygen atoms in total. The predicted octanol–water partition coefficient (Wildman–Crippen LogP) is 4.87. The van der Waals surface area contributed by atoms with Gasteiger partial charge in [-0.05, 0) is 30.3 Å². The molecule has 8 heteroatoms. The standard InChI is InChI=1S/C23H25ClN2O4Si/c1-31(2,3)12-11-29-16-26-21-14-19(24)18(10-9-17-7-5-4-6-8-17)13-20(21)25-23(26)30-15-22(27)28/h4-8,13-14H,11-12,15-16H2,1-3H3,(H,27,28). The first-order valence-electron chi connectivity index (χ1n) is 9.92. The Labute approximate surface area is 187 Å². The minimum atomic E-state index is -1.23. The van der Waals surface area contributed by atoms with Gasteiger partial charge in [-0.1, -0.05) is 61.3 Å². The number of hydrogen-bond donors (Lipinski definition) is 1. The van der Waals surface area contributed by atoms with Gasteiger partial charge in [0.25, 0.3) is 6.01 Å². The largest absolute Gasteiger partial charge is 0.479 e. The number of benzene rings is 2. The molecule has 0 radical (unpaired) electrons. The van der Waals surface area contributed by atoms with Gasteiger partial charge in [0.05, 0.1) is 16.1 Å². The molecular weight excluding hydrogens is 432 g/mol. The molecule has 0 saturated carbocycles. The maximum atomic E-state index is 11.0. The number of nitrogens with zero attached hydrogens (tertiary/aromatic N) is 2. The molecule has 0 aliphatic heterocycles. The Hall–Kier alpha value is -2.79. The Morgan fingerprint density at radius 3 is 2.61 bits per heavy atom. The first-order chi connectivity index (χ1) is 14.7. The van der Waals surface area contributed by atoms with Gasteiger partial charge >= 0.3 is 5.97 Å². The van der Waals surface area contributed by atoms with Crippen LogP contribution in [0.2, 0.25) is 30.7 Å². The highest BCUT2D eigenvalue weighted by molar-refractivity contribution is 6.76. The van der Waals surface area contributed by atoms with Crippen molar-refractivity contribution in [2.45, 2.75) is 32.4 Å². The molecule has 1 N–H and O–H groups in total. The summed E-state index contributed by atoms with van der Waals surface area (Å²) < 4.78 is 12.9. The Morgan fingerprint density at radius 2 is 1.94 bits per heavy atom. The number of carbonyl (C=O) groups is 1. The lowest BCUT2D eigenvalue weighted by Gasteiger charge is -2.16. The lowest BCUT2D eigenvalue weighted by molar-refractivity contribution is -0.139. The van der Waals surface area contributed by atoms with E-state index in [-0.39, 0.29) is 12.7 Å². The Kier molecular flexibility index (Phi) is 7.39. The molecule has 3 rings (SSSR count). The van der Waals surface area contributed by atoms with E-state index in [1.807, 2.05) is 30.3 Å². The summed E-state index contributed by atoms with van der Waals surface area (Å²) in [5.74, 6) is 5.08. The van der Waals surface area contributed by atoms with Gasteiger partial charge in [-0.15, -0.1) is 0 Å². The van der Waals surface area contributed by atoms with Crippen LogP contribution < -0.4 is 4.74 Å². The number of rotatable bonds is 8. The Bertz CT molecular complexity index is 1130. The Balaban J connectivity index is 1.90. The molecule has 0 spiro atoms. The summed E-state index contributed by atoms with van der Waals surface area (Å²) >= 11 is 6.49. The average Bonchev–Trinajstić information content (AvgIpc) is 3.04. The second kappa shape index (κ2) is 10.0. The van der Waals surface area contributed by atoms with Crippen LogP contribution in [0, 0.1) is 11.8 Å². The second-order valence-corrected chi connectivity index (χ2v) is 14.3. The predicted molar refractivity (Wildman–Crippen MR) is 124 cm³/mol. The van der Waals surface area contributed by atoms with E-state index in [9.17, 15) is 4.79 Å². The maximum absolute atomic E-state index is 11.0. The van der Waals surface area contributed by atoms with E-state index in [4.69, 9.17) is 26.2 Å². The third-order valence-electron chi connectivity index (χ3n) is 4.46. The molecule has 0 fully saturated rings. The molecule has 162 valence electrons. The summed E-state index contributed by atoms with van der Waals surface area (Å²) in [5.41, 5.74) is 2.82. The third kappa shape index (κ3) is 6.59. The molecule has 0 amide bonds. The van der Waals surface area contributed by atoms with Crippen molar-refractivity contribution in [3.05, 3.63) is 58.6 Å². The summed E-state index contributed by atoms with van der Waals surface area (Å²) in [6, 6.07) is 14.3. The zero-order valence-corrected chi connectivity index (χ0v) is 19.6. The van der Waals surface area contributed by atoms with Crippen LogP contribution in [0.4, 0.5) is 0 Å². The molecule has 0 aliphatic rings. The van der Waals surface area contributed by atoms with E-state index in [1.54, 1.807) is 16.7 Å². The molecule has 1 aromatic heterocycles. The van der Waals surface area contributed by atoms with Crippen LogP contribution in [-0.2, 0) is 16.3 Å². The lowest BCUT2D eigenvalue weighted by Crippen LogP contribution is -2.22. The van der Waals surface area contributed by atoms with Crippen LogP contribution in [0.5, 0.6) is 6.01 Å². The SMILES string of the molecule is C[Si](C)(C)CCOCn1c(OCC(=O)O)nc2cc(C#Cc3ccccc3)c(Cl)cc21. The first kappa shape index (κ1) is 22.9. The number of halogens is 1. The number of imidazole rings is 1. The van der Waals surface area contributed by atoms with Crippen LogP contribution in [0.15, 0.2) is 42.5 Å². The van der Waals surface area contributed by atoms with Crippen molar-refractivity contribution in [1.29, 1.82) is 0 Å². The van der Waals surface area contributed by atoms with Crippen molar-refractivity contribution < 1.29 is 19.4 Å². The number of aromatic nitrogens is 2. The third-order valence-corrected chi connectivity index (χ3v) is 6.48. The number of carboxylic acid groups (broad SMARTS) is 1. The maximum Gasteiger partial charge on any atom is 0.341 e. The second-order valence-electron chi connectivity index (χ2n) is 8.29. The highest BCUT2D eigenvalue weighted by Crippen LogP contribution is 2.28. The highest BCUT2D eigenvalue weighted by Gasteiger charge is 2.17. The average molecular weight is 457 g/mol. The van der Waals surface area contributed by atoms with Gasteiger partial charge in [-0.3, -0.25) is 4.57 Å². The quantitative estimate of drug-likeness (QED) is 0.297. The van der Waals surface area contributed by atoms with Crippen molar-refractivity contribution >= 4 is 36.7 Å². The van der Waals surface area contributed by atoms with Crippen molar-refractivity contribution in [3.8, 4) is 17.9 Å². The molecule has 31 heavy (non-hydrogen) atoms.